The fourth-order valence-electron chi connectivity index (χ4n) is 2.30. The molecule has 3 N–H and O–H groups in total. The highest BCUT2D eigenvalue weighted by Gasteiger charge is 2.14. The van der Waals surface area contributed by atoms with Crippen LogP contribution in [0.2, 0.25) is 0 Å². The van der Waals surface area contributed by atoms with Crippen molar-refractivity contribution < 1.29 is 37.7 Å². The fraction of sp³-hybridized carbons (Fsp3) is 0.556. The van der Waals surface area contributed by atoms with Gasteiger partial charge in [0.05, 0.1) is 37.5 Å². The van der Waals surface area contributed by atoms with Crippen LogP contribution in [0.25, 0.3) is 0 Å². The number of hydrogen-bond donors (Lipinski definition) is 3. The first-order chi connectivity index (χ1) is 13.8. The Morgan fingerprint density at radius 1 is 1.03 bits per heavy atom. The fourth-order valence-corrected chi connectivity index (χ4v) is 2.93. The maximum Gasteiger partial charge on any atom is 0.307 e. The molecule has 0 unspecified atom stereocenters. The number of ether oxygens (including phenoxy) is 2. The summed E-state index contributed by atoms with van der Waals surface area (Å²) in [7, 11) is -3.45. The largest absolute Gasteiger partial charge is 0.463 e. The monoisotopic (exact) mass is 432 g/mol. The minimum Gasteiger partial charge on any atom is -0.463 e. The molecule has 0 radical (unpaired) electrons. The van der Waals surface area contributed by atoms with Gasteiger partial charge in [-0.1, -0.05) is 6.07 Å². The van der Waals surface area contributed by atoms with Gasteiger partial charge in [-0.15, -0.1) is 0 Å². The number of sulfonamides is 1. The number of esters is 2. The predicted molar refractivity (Wildman–Crippen MR) is 107 cm³/mol. The molecule has 0 spiro atoms. The number of aliphatic hydroxyl groups excluding tert-OH is 2. The molecular weight excluding hydrogens is 404 g/mol. The second kappa shape index (κ2) is 13.0. The Bertz CT molecular complexity index is 730. The van der Waals surface area contributed by atoms with Crippen LogP contribution in [0.15, 0.2) is 24.3 Å². The number of benzene rings is 1. The van der Waals surface area contributed by atoms with E-state index >= 15 is 0 Å². The molecule has 0 amide bonds. The maximum atomic E-state index is 11.8. The van der Waals surface area contributed by atoms with Crippen LogP contribution in [0, 0.1) is 0 Å². The molecule has 0 aromatic heterocycles. The maximum absolute atomic E-state index is 11.8. The summed E-state index contributed by atoms with van der Waals surface area (Å²) in [4.78, 5) is 25.2. The molecule has 0 aliphatic rings. The Kier molecular flexibility index (Phi) is 11.0. The molecule has 1 aromatic carbocycles. The van der Waals surface area contributed by atoms with Gasteiger partial charge >= 0.3 is 11.9 Å². The standard InChI is InChI=1S/C18H28N2O8S/c1-2-29(25,26)19-15-4-3-5-16(14-15)20(8-6-17(23)27-12-10-21)9-7-18(24)28-13-11-22/h3-5,14,19,21-22H,2,6-13H2,1H3. The third-order valence-corrected chi connectivity index (χ3v) is 5.05. The van der Waals surface area contributed by atoms with Crippen molar-refractivity contribution in [3.05, 3.63) is 24.3 Å². The van der Waals surface area contributed by atoms with Crippen molar-refractivity contribution in [1.29, 1.82) is 0 Å². The minimum atomic E-state index is -3.45. The SMILES string of the molecule is CCS(=O)(=O)Nc1cccc(N(CCC(=O)OCCO)CCC(=O)OCCO)c1. The minimum absolute atomic E-state index is 0.0105. The van der Waals surface area contributed by atoms with Crippen LogP contribution in [0.5, 0.6) is 0 Å². The highest BCUT2D eigenvalue weighted by atomic mass is 32.2. The van der Waals surface area contributed by atoms with E-state index < -0.39 is 22.0 Å². The summed E-state index contributed by atoms with van der Waals surface area (Å²) in [6.07, 6.45) is 0.0210. The molecule has 0 fully saturated rings. The summed E-state index contributed by atoms with van der Waals surface area (Å²) in [6, 6.07) is 6.58. The van der Waals surface area contributed by atoms with Crippen LogP contribution in [0.1, 0.15) is 19.8 Å². The van der Waals surface area contributed by atoms with E-state index in [2.05, 4.69) is 4.72 Å². The quantitative estimate of drug-likeness (QED) is 0.349. The molecule has 0 bridgehead atoms. The van der Waals surface area contributed by atoms with Crippen molar-refractivity contribution in [2.75, 3.05) is 54.9 Å². The van der Waals surface area contributed by atoms with E-state index in [1.807, 2.05) is 0 Å². The Balaban J connectivity index is 2.88. The van der Waals surface area contributed by atoms with Gasteiger partial charge < -0.3 is 24.6 Å². The van der Waals surface area contributed by atoms with Crippen molar-refractivity contribution in [3.8, 4) is 0 Å². The van der Waals surface area contributed by atoms with Gasteiger partial charge in [-0.2, -0.15) is 0 Å². The molecule has 1 rings (SSSR count). The molecule has 0 aliphatic heterocycles. The number of hydrogen-bond acceptors (Lipinski definition) is 9. The lowest BCUT2D eigenvalue weighted by Gasteiger charge is -2.25. The zero-order chi connectivity index (χ0) is 21.7. The number of aliphatic hydroxyl groups is 2. The van der Waals surface area contributed by atoms with E-state index in [0.717, 1.165) is 0 Å². The van der Waals surface area contributed by atoms with Gasteiger partial charge in [0.15, 0.2) is 0 Å². The molecule has 0 saturated carbocycles. The zero-order valence-electron chi connectivity index (χ0n) is 16.4. The summed E-state index contributed by atoms with van der Waals surface area (Å²) in [5, 5.41) is 17.4. The zero-order valence-corrected chi connectivity index (χ0v) is 17.2. The van der Waals surface area contributed by atoms with E-state index in [1.54, 1.807) is 29.2 Å². The molecule has 0 saturated heterocycles. The molecule has 0 heterocycles. The van der Waals surface area contributed by atoms with Crippen LogP contribution in [-0.2, 0) is 29.1 Å². The molecular formula is C18H28N2O8S. The summed E-state index contributed by atoms with van der Waals surface area (Å²) < 4.78 is 35.7. The van der Waals surface area contributed by atoms with E-state index in [9.17, 15) is 18.0 Å². The normalized spacial score (nSPS) is 11.0. The number of carbonyl (C=O) groups excluding carboxylic acids is 2. The molecule has 10 nitrogen and oxygen atoms in total. The van der Waals surface area contributed by atoms with Gasteiger partial charge in [-0.3, -0.25) is 14.3 Å². The second-order valence-electron chi connectivity index (χ2n) is 5.93. The summed E-state index contributed by atoms with van der Waals surface area (Å²) in [6.45, 7) is 1.20. The van der Waals surface area contributed by atoms with Crippen LogP contribution < -0.4 is 9.62 Å². The highest BCUT2D eigenvalue weighted by molar-refractivity contribution is 7.92. The van der Waals surface area contributed by atoms with E-state index in [1.165, 1.54) is 6.92 Å². The van der Waals surface area contributed by atoms with Gasteiger partial charge in [0.1, 0.15) is 13.2 Å². The lowest BCUT2D eigenvalue weighted by atomic mass is 10.2. The second-order valence-corrected chi connectivity index (χ2v) is 7.94. The number of nitrogens with one attached hydrogen (secondary N) is 1. The number of anilines is 2. The topological polar surface area (TPSA) is 142 Å². The van der Waals surface area contributed by atoms with Crippen molar-refractivity contribution >= 4 is 33.3 Å². The Hall–Kier alpha value is -2.37. The third-order valence-electron chi connectivity index (χ3n) is 3.75. The first-order valence-corrected chi connectivity index (χ1v) is 10.8. The Labute approximate surface area is 170 Å². The average molecular weight is 432 g/mol. The molecule has 1 aromatic rings. The van der Waals surface area contributed by atoms with E-state index in [0.29, 0.717) is 11.4 Å². The third kappa shape index (κ3) is 10.1. The Morgan fingerprint density at radius 3 is 2.07 bits per heavy atom. The molecule has 164 valence electrons. The van der Waals surface area contributed by atoms with Crippen molar-refractivity contribution in [2.45, 2.75) is 19.8 Å². The van der Waals surface area contributed by atoms with E-state index in [4.69, 9.17) is 19.7 Å². The van der Waals surface area contributed by atoms with Crippen LogP contribution in [0.4, 0.5) is 11.4 Å². The van der Waals surface area contributed by atoms with Crippen LogP contribution >= 0.6 is 0 Å². The number of rotatable bonds is 14. The first kappa shape index (κ1) is 24.7. The van der Waals surface area contributed by atoms with Gasteiger partial charge in [-0.25, -0.2) is 8.42 Å². The lowest BCUT2D eigenvalue weighted by Crippen LogP contribution is -2.30. The van der Waals surface area contributed by atoms with Gasteiger partial charge in [-0.05, 0) is 25.1 Å². The van der Waals surface area contributed by atoms with Crippen LogP contribution in [-0.4, -0.2) is 75.8 Å². The molecule has 0 atom stereocenters. The van der Waals surface area contributed by atoms with Gasteiger partial charge in [0.2, 0.25) is 10.0 Å². The van der Waals surface area contributed by atoms with Gasteiger partial charge in [0, 0.05) is 18.8 Å². The van der Waals surface area contributed by atoms with Crippen molar-refractivity contribution in [3.63, 3.8) is 0 Å². The van der Waals surface area contributed by atoms with E-state index in [-0.39, 0.29) is 58.1 Å². The first-order valence-electron chi connectivity index (χ1n) is 9.19. The number of carbonyl (C=O) groups is 2. The predicted octanol–water partition coefficient (Wildman–Crippen LogP) is 0.106. The summed E-state index contributed by atoms with van der Waals surface area (Å²) >= 11 is 0. The average Bonchev–Trinajstić information content (AvgIpc) is 2.70. The smallest absolute Gasteiger partial charge is 0.307 e. The molecule has 11 heteroatoms. The molecule has 0 aliphatic carbocycles. The lowest BCUT2D eigenvalue weighted by molar-refractivity contribution is -0.144. The number of nitrogens with zero attached hydrogens (tertiary/aromatic N) is 1. The van der Waals surface area contributed by atoms with Gasteiger partial charge in [0.25, 0.3) is 0 Å². The molecule has 29 heavy (non-hydrogen) atoms. The summed E-state index contributed by atoms with van der Waals surface area (Å²) in [5.41, 5.74) is 0.964. The van der Waals surface area contributed by atoms with Crippen molar-refractivity contribution in [1.82, 2.24) is 0 Å². The van der Waals surface area contributed by atoms with Crippen LogP contribution in [0.3, 0.4) is 0 Å². The summed E-state index contributed by atoms with van der Waals surface area (Å²) in [5.74, 6) is -1.08. The Morgan fingerprint density at radius 2 is 1.59 bits per heavy atom. The van der Waals surface area contributed by atoms with Crippen molar-refractivity contribution in [2.24, 2.45) is 0 Å². The highest BCUT2D eigenvalue weighted by Crippen LogP contribution is 2.21.